The van der Waals surface area contributed by atoms with Crippen LogP contribution in [0.3, 0.4) is 0 Å². The summed E-state index contributed by atoms with van der Waals surface area (Å²) in [5.74, 6) is -0.00978. The number of hydrogen-bond donors (Lipinski definition) is 2. The van der Waals surface area contributed by atoms with Gasteiger partial charge in [0.25, 0.3) is 11.5 Å². The Morgan fingerprint density at radius 1 is 1.13 bits per heavy atom. The lowest BCUT2D eigenvalue weighted by atomic mass is 9.95. The molecule has 0 aliphatic carbocycles. The number of nitrogens with zero attached hydrogens (tertiary/aromatic N) is 1. The molecule has 3 aromatic rings. The van der Waals surface area contributed by atoms with E-state index in [1.54, 1.807) is 17.0 Å². The number of hydrogen-bond acceptors (Lipinski definition) is 6. The SMILES string of the molecule is C=C(C)c1cc(OC)c(-c2c(COCC)[nH]c(=O)c(C(=O)N3CCC(c4ccccc4)C3)c2O)c(OC)c1. The van der Waals surface area contributed by atoms with Crippen LogP contribution in [-0.4, -0.2) is 54.8 Å². The lowest BCUT2D eigenvalue weighted by molar-refractivity contribution is 0.0785. The number of methoxy groups -OCH3 is 2. The summed E-state index contributed by atoms with van der Waals surface area (Å²) in [7, 11) is 3.01. The molecular weight excluding hydrogens is 484 g/mol. The second-order valence-electron chi connectivity index (χ2n) is 9.35. The van der Waals surface area contributed by atoms with Crippen LogP contribution in [0, 0.1) is 0 Å². The molecule has 2 N–H and O–H groups in total. The lowest BCUT2D eigenvalue weighted by Crippen LogP contribution is -2.33. The highest BCUT2D eigenvalue weighted by Gasteiger charge is 2.33. The Labute approximate surface area is 222 Å². The molecule has 1 aromatic heterocycles. The van der Waals surface area contributed by atoms with E-state index in [-0.39, 0.29) is 23.7 Å². The van der Waals surface area contributed by atoms with E-state index in [0.717, 1.165) is 23.1 Å². The van der Waals surface area contributed by atoms with Gasteiger partial charge < -0.3 is 29.2 Å². The molecule has 0 spiro atoms. The molecule has 8 nitrogen and oxygen atoms in total. The van der Waals surface area contributed by atoms with Crippen LogP contribution in [0.2, 0.25) is 0 Å². The fourth-order valence-corrected chi connectivity index (χ4v) is 4.92. The molecule has 4 rings (SSSR count). The molecule has 0 radical (unpaired) electrons. The molecular formula is C30H34N2O6. The van der Waals surface area contributed by atoms with Gasteiger partial charge in [-0.15, -0.1) is 0 Å². The largest absolute Gasteiger partial charge is 0.506 e. The van der Waals surface area contributed by atoms with Crippen LogP contribution in [-0.2, 0) is 11.3 Å². The Hall–Kier alpha value is -4.04. The summed E-state index contributed by atoms with van der Waals surface area (Å²) in [6.07, 6.45) is 0.772. The van der Waals surface area contributed by atoms with Crippen molar-refractivity contribution in [3.05, 3.63) is 81.8 Å². The zero-order valence-electron chi connectivity index (χ0n) is 22.3. The standard InChI is InChI=1S/C30H34N2O6/c1-6-38-17-22-25(26-23(36-4)14-21(18(2)3)15-24(26)37-5)28(33)27(29(34)31-22)30(35)32-13-12-20(16-32)19-10-8-7-9-11-19/h7-11,14-15,20H,2,6,12-13,16-17H2,1,3-5H3,(H2,31,33,34). The summed E-state index contributed by atoms with van der Waals surface area (Å²) < 4.78 is 17.0. The van der Waals surface area contributed by atoms with E-state index < -0.39 is 17.2 Å². The number of aromatic nitrogens is 1. The van der Waals surface area contributed by atoms with Crippen LogP contribution in [0.25, 0.3) is 16.7 Å². The molecule has 2 heterocycles. The summed E-state index contributed by atoms with van der Waals surface area (Å²) in [4.78, 5) is 31.3. The van der Waals surface area contributed by atoms with Gasteiger partial charge in [0.2, 0.25) is 0 Å². The van der Waals surface area contributed by atoms with Crippen LogP contribution in [0.15, 0.2) is 53.8 Å². The van der Waals surface area contributed by atoms with Crippen LogP contribution in [0.1, 0.15) is 53.4 Å². The first-order valence-corrected chi connectivity index (χ1v) is 12.6. The van der Waals surface area contributed by atoms with Gasteiger partial charge >= 0.3 is 0 Å². The van der Waals surface area contributed by atoms with Gasteiger partial charge in [-0.05, 0) is 43.5 Å². The third-order valence-corrected chi connectivity index (χ3v) is 6.93. The summed E-state index contributed by atoms with van der Waals surface area (Å²) >= 11 is 0. The molecule has 1 amide bonds. The number of allylic oxidation sites excluding steroid dienone is 1. The summed E-state index contributed by atoms with van der Waals surface area (Å²) in [5.41, 5.74) is 2.68. The fourth-order valence-electron chi connectivity index (χ4n) is 4.92. The average Bonchev–Trinajstić information content (AvgIpc) is 3.42. The van der Waals surface area contributed by atoms with Gasteiger partial charge in [0, 0.05) is 25.6 Å². The summed E-state index contributed by atoms with van der Waals surface area (Å²) in [6.45, 7) is 9.02. The van der Waals surface area contributed by atoms with Gasteiger partial charge in [-0.2, -0.15) is 0 Å². The molecule has 0 saturated carbocycles. The highest BCUT2D eigenvalue weighted by Crippen LogP contribution is 2.46. The van der Waals surface area contributed by atoms with Crippen molar-refractivity contribution < 1.29 is 24.1 Å². The number of H-pyrrole nitrogens is 1. The van der Waals surface area contributed by atoms with Crippen LogP contribution in [0.5, 0.6) is 17.2 Å². The maximum absolute atomic E-state index is 13.7. The maximum atomic E-state index is 13.7. The van der Waals surface area contributed by atoms with E-state index in [2.05, 4.69) is 11.6 Å². The second-order valence-corrected chi connectivity index (χ2v) is 9.35. The predicted octanol–water partition coefficient (Wildman–Crippen LogP) is 4.96. The molecule has 1 aliphatic rings. The van der Waals surface area contributed by atoms with E-state index in [0.29, 0.717) is 42.5 Å². The number of likely N-dealkylation sites (tertiary alicyclic amines) is 1. The molecule has 0 bridgehead atoms. The first-order valence-electron chi connectivity index (χ1n) is 12.6. The zero-order chi connectivity index (χ0) is 27.4. The molecule has 1 fully saturated rings. The number of aromatic amines is 1. The number of amides is 1. The first kappa shape index (κ1) is 27.0. The highest BCUT2D eigenvalue weighted by atomic mass is 16.5. The van der Waals surface area contributed by atoms with Crippen molar-refractivity contribution in [2.24, 2.45) is 0 Å². The van der Waals surface area contributed by atoms with E-state index in [9.17, 15) is 14.7 Å². The summed E-state index contributed by atoms with van der Waals surface area (Å²) in [6, 6.07) is 13.5. The molecule has 38 heavy (non-hydrogen) atoms. The minimum atomic E-state index is -0.675. The van der Waals surface area contributed by atoms with Gasteiger partial charge in [-0.1, -0.05) is 42.5 Å². The molecule has 1 atom stereocenters. The number of rotatable bonds is 9. The monoisotopic (exact) mass is 518 g/mol. The Bertz CT molecular complexity index is 1370. The van der Waals surface area contributed by atoms with Crippen LogP contribution < -0.4 is 15.0 Å². The van der Waals surface area contributed by atoms with E-state index in [1.807, 2.05) is 44.2 Å². The van der Waals surface area contributed by atoms with Gasteiger partial charge in [0.1, 0.15) is 22.8 Å². The van der Waals surface area contributed by atoms with E-state index in [1.165, 1.54) is 14.2 Å². The molecule has 8 heteroatoms. The number of ether oxygens (including phenoxy) is 3. The molecule has 1 aliphatic heterocycles. The third kappa shape index (κ3) is 5.17. The fraction of sp³-hybridized carbons (Fsp3) is 0.333. The van der Waals surface area contributed by atoms with Gasteiger partial charge in [0.15, 0.2) is 0 Å². The normalized spacial score (nSPS) is 14.9. The van der Waals surface area contributed by atoms with Crippen LogP contribution in [0.4, 0.5) is 0 Å². The Morgan fingerprint density at radius 2 is 1.79 bits per heavy atom. The predicted molar refractivity (Wildman–Crippen MR) is 147 cm³/mol. The maximum Gasteiger partial charge on any atom is 0.264 e. The van der Waals surface area contributed by atoms with E-state index in [4.69, 9.17) is 14.2 Å². The number of aromatic hydroxyl groups is 1. The van der Waals surface area contributed by atoms with Crippen LogP contribution >= 0.6 is 0 Å². The number of carbonyl (C=O) groups is 1. The minimum absolute atomic E-state index is 0.0114. The molecule has 1 unspecified atom stereocenters. The second kappa shape index (κ2) is 11.6. The smallest absolute Gasteiger partial charge is 0.264 e. The van der Waals surface area contributed by atoms with Gasteiger partial charge in [-0.25, -0.2) is 0 Å². The zero-order valence-corrected chi connectivity index (χ0v) is 22.3. The Kier molecular flexibility index (Phi) is 8.22. The topological polar surface area (TPSA) is 101 Å². The minimum Gasteiger partial charge on any atom is -0.506 e. The van der Waals surface area contributed by atoms with Crippen molar-refractivity contribution >= 4 is 11.5 Å². The van der Waals surface area contributed by atoms with Gasteiger partial charge in [0.05, 0.1) is 37.6 Å². The van der Waals surface area contributed by atoms with Crippen molar-refractivity contribution in [2.45, 2.75) is 32.8 Å². The van der Waals surface area contributed by atoms with Crippen molar-refractivity contribution in [3.8, 4) is 28.4 Å². The Morgan fingerprint density at radius 3 is 2.37 bits per heavy atom. The molecule has 1 saturated heterocycles. The highest BCUT2D eigenvalue weighted by molar-refractivity contribution is 6.00. The van der Waals surface area contributed by atoms with Crippen molar-refractivity contribution in [1.82, 2.24) is 9.88 Å². The van der Waals surface area contributed by atoms with Crippen molar-refractivity contribution in [3.63, 3.8) is 0 Å². The van der Waals surface area contributed by atoms with Crippen molar-refractivity contribution in [2.75, 3.05) is 33.9 Å². The number of benzene rings is 2. The molecule has 200 valence electrons. The van der Waals surface area contributed by atoms with Gasteiger partial charge in [-0.3, -0.25) is 9.59 Å². The van der Waals surface area contributed by atoms with Crippen molar-refractivity contribution in [1.29, 1.82) is 0 Å². The number of carbonyl (C=O) groups excluding carboxylic acids is 1. The average molecular weight is 519 g/mol. The summed E-state index contributed by atoms with van der Waals surface area (Å²) in [5, 5.41) is 11.6. The lowest BCUT2D eigenvalue weighted by Gasteiger charge is -2.22. The number of pyridine rings is 1. The third-order valence-electron chi connectivity index (χ3n) is 6.93. The number of nitrogens with one attached hydrogen (secondary N) is 1. The van der Waals surface area contributed by atoms with E-state index >= 15 is 0 Å². The Balaban J connectivity index is 1.85. The molecule has 2 aromatic carbocycles. The first-order chi connectivity index (χ1) is 18.3. The quantitative estimate of drug-likeness (QED) is 0.415.